The van der Waals surface area contributed by atoms with Crippen LogP contribution in [0.25, 0.3) is 0 Å². The molecule has 2 aromatic carbocycles. The zero-order chi connectivity index (χ0) is 15.7. The summed E-state index contributed by atoms with van der Waals surface area (Å²) in [7, 11) is -1.25. The van der Waals surface area contributed by atoms with Crippen molar-refractivity contribution in [2.75, 3.05) is 6.61 Å². The lowest BCUT2D eigenvalue weighted by Gasteiger charge is -2.09. The number of nitrogens with zero attached hydrogens (tertiary/aromatic N) is 1. The van der Waals surface area contributed by atoms with Gasteiger partial charge in [-0.1, -0.05) is 29.8 Å². The maximum atomic E-state index is 12.9. The van der Waals surface area contributed by atoms with E-state index in [2.05, 4.69) is 4.99 Å². The topological polar surface area (TPSA) is 38.7 Å². The van der Waals surface area contributed by atoms with Gasteiger partial charge in [0.25, 0.3) is 0 Å². The Hall–Kier alpha value is -1.94. The number of rotatable bonds is 3. The van der Waals surface area contributed by atoms with Crippen LogP contribution in [-0.4, -0.2) is 22.3 Å². The van der Waals surface area contributed by atoms with Gasteiger partial charge in [-0.05, 0) is 45.0 Å². The van der Waals surface area contributed by atoms with E-state index in [4.69, 9.17) is 4.74 Å². The first-order chi connectivity index (χ1) is 10.5. The predicted octanol–water partition coefficient (Wildman–Crippen LogP) is 3.72. The molecule has 0 aromatic heterocycles. The van der Waals surface area contributed by atoms with Crippen LogP contribution in [0, 0.1) is 6.92 Å². The van der Waals surface area contributed by atoms with Gasteiger partial charge in [-0.3, -0.25) is 0 Å². The van der Waals surface area contributed by atoms with Crippen LogP contribution in [0.3, 0.4) is 0 Å². The molecule has 22 heavy (non-hydrogen) atoms. The van der Waals surface area contributed by atoms with Crippen molar-refractivity contribution in [2.45, 2.75) is 36.1 Å². The first-order valence-electron chi connectivity index (χ1n) is 7.27. The van der Waals surface area contributed by atoms with Gasteiger partial charge in [-0.15, -0.1) is 0 Å². The smallest absolute Gasteiger partial charge is 0.218 e. The van der Waals surface area contributed by atoms with E-state index in [1.54, 1.807) is 0 Å². The van der Waals surface area contributed by atoms with Crippen molar-refractivity contribution in [2.24, 2.45) is 4.99 Å². The molecule has 4 heteroatoms. The molecule has 1 unspecified atom stereocenters. The van der Waals surface area contributed by atoms with Crippen LogP contribution >= 0.6 is 0 Å². The average Bonchev–Trinajstić information content (AvgIpc) is 2.87. The van der Waals surface area contributed by atoms with Gasteiger partial charge in [0.05, 0.1) is 26.8 Å². The molecule has 3 rings (SSSR count). The van der Waals surface area contributed by atoms with Crippen LogP contribution in [0.1, 0.15) is 25.0 Å². The summed E-state index contributed by atoms with van der Waals surface area (Å²) < 4.78 is 18.6. The lowest BCUT2D eigenvalue weighted by atomic mass is 10.1. The largest absolute Gasteiger partial charge is 0.475 e. The number of hydrogen-bond donors (Lipinski definition) is 0. The Morgan fingerprint density at radius 1 is 1.09 bits per heavy atom. The third kappa shape index (κ3) is 2.97. The minimum atomic E-state index is -1.25. The van der Waals surface area contributed by atoms with Gasteiger partial charge in [0, 0.05) is 4.90 Å². The molecule has 0 saturated heterocycles. The second-order valence-electron chi connectivity index (χ2n) is 6.10. The maximum Gasteiger partial charge on any atom is 0.218 e. The highest BCUT2D eigenvalue weighted by Crippen LogP contribution is 2.26. The third-order valence-corrected chi connectivity index (χ3v) is 4.97. The van der Waals surface area contributed by atoms with Crippen molar-refractivity contribution in [1.82, 2.24) is 0 Å². The second-order valence-corrected chi connectivity index (χ2v) is 7.54. The zero-order valence-electron chi connectivity index (χ0n) is 13.0. The molecule has 0 saturated carbocycles. The summed E-state index contributed by atoms with van der Waals surface area (Å²) in [5, 5.41) is 0. The van der Waals surface area contributed by atoms with Crippen LogP contribution in [0.15, 0.2) is 63.3 Å². The highest BCUT2D eigenvalue weighted by Gasteiger charge is 2.29. The first-order valence-corrected chi connectivity index (χ1v) is 8.42. The van der Waals surface area contributed by atoms with E-state index in [0.29, 0.717) is 12.5 Å². The molecule has 1 heterocycles. The van der Waals surface area contributed by atoms with Crippen molar-refractivity contribution in [3.05, 3.63) is 59.7 Å². The van der Waals surface area contributed by atoms with Crippen molar-refractivity contribution >= 4 is 16.7 Å². The highest BCUT2D eigenvalue weighted by atomic mass is 32.2. The Morgan fingerprint density at radius 3 is 2.41 bits per heavy atom. The fraction of sp³-hybridized carbons (Fsp3) is 0.278. The summed E-state index contributed by atoms with van der Waals surface area (Å²) in [6.07, 6.45) is 0. The fourth-order valence-corrected chi connectivity index (χ4v) is 3.51. The van der Waals surface area contributed by atoms with Crippen molar-refractivity contribution < 1.29 is 8.95 Å². The highest BCUT2D eigenvalue weighted by molar-refractivity contribution is 7.85. The SMILES string of the molecule is Cc1ccc(S(=O)c2ccccc2C2=NC(C)(C)CO2)cc1. The van der Waals surface area contributed by atoms with Crippen LogP contribution in [0.4, 0.5) is 0 Å². The van der Waals surface area contributed by atoms with Crippen molar-refractivity contribution in [1.29, 1.82) is 0 Å². The molecule has 1 aliphatic heterocycles. The van der Waals surface area contributed by atoms with Crippen LogP contribution in [0.2, 0.25) is 0 Å². The number of aliphatic imine (C=N–C) groups is 1. The second kappa shape index (κ2) is 5.69. The summed E-state index contributed by atoms with van der Waals surface area (Å²) in [4.78, 5) is 6.13. The number of benzene rings is 2. The molecule has 2 aromatic rings. The van der Waals surface area contributed by atoms with Crippen LogP contribution < -0.4 is 0 Å². The summed E-state index contributed by atoms with van der Waals surface area (Å²) in [5.74, 6) is 0.584. The Bertz CT molecular complexity index is 748. The molecular weight excluding hydrogens is 294 g/mol. The Balaban J connectivity index is 2.02. The maximum absolute atomic E-state index is 12.9. The van der Waals surface area contributed by atoms with Gasteiger partial charge in [-0.2, -0.15) is 0 Å². The van der Waals surface area contributed by atoms with Crippen LogP contribution in [-0.2, 0) is 15.5 Å². The van der Waals surface area contributed by atoms with E-state index in [9.17, 15) is 4.21 Å². The fourth-order valence-electron chi connectivity index (χ4n) is 2.32. The average molecular weight is 313 g/mol. The molecule has 0 fully saturated rings. The predicted molar refractivity (Wildman–Crippen MR) is 88.9 cm³/mol. The summed E-state index contributed by atoms with van der Waals surface area (Å²) in [6, 6.07) is 15.4. The Labute approximate surface area is 133 Å². The van der Waals surface area contributed by atoms with Gasteiger partial charge in [0.15, 0.2) is 0 Å². The van der Waals surface area contributed by atoms with Gasteiger partial charge in [0.2, 0.25) is 5.90 Å². The molecule has 0 aliphatic carbocycles. The third-order valence-electron chi connectivity index (χ3n) is 3.52. The Morgan fingerprint density at radius 2 is 1.77 bits per heavy atom. The first kappa shape index (κ1) is 15.0. The molecule has 3 nitrogen and oxygen atoms in total. The van der Waals surface area contributed by atoms with Gasteiger partial charge >= 0.3 is 0 Å². The van der Waals surface area contributed by atoms with Gasteiger partial charge in [0.1, 0.15) is 6.61 Å². The molecule has 0 amide bonds. The van der Waals surface area contributed by atoms with E-state index in [-0.39, 0.29) is 5.54 Å². The minimum Gasteiger partial charge on any atom is -0.475 e. The molecule has 0 bridgehead atoms. The monoisotopic (exact) mass is 313 g/mol. The molecular formula is C18H19NO2S. The van der Waals surface area contributed by atoms with Crippen LogP contribution in [0.5, 0.6) is 0 Å². The Kier molecular flexibility index (Phi) is 3.87. The van der Waals surface area contributed by atoms with E-state index < -0.39 is 10.8 Å². The lowest BCUT2D eigenvalue weighted by molar-refractivity contribution is 0.279. The summed E-state index contributed by atoms with van der Waals surface area (Å²) in [5.41, 5.74) is 1.74. The minimum absolute atomic E-state index is 0.228. The number of ether oxygens (including phenoxy) is 1. The molecule has 0 spiro atoms. The standard InChI is InChI=1S/C18H19NO2S/c1-13-8-10-14(11-9-13)22(20)16-7-5-4-6-15(16)17-19-18(2,3)12-21-17/h4-11H,12H2,1-3H3. The molecule has 114 valence electrons. The van der Waals surface area contributed by atoms with Gasteiger partial charge < -0.3 is 4.74 Å². The molecule has 0 N–H and O–H groups in total. The number of aryl methyl sites for hydroxylation is 1. The number of hydrogen-bond acceptors (Lipinski definition) is 3. The molecule has 0 radical (unpaired) electrons. The summed E-state index contributed by atoms with van der Waals surface area (Å²) in [6.45, 7) is 6.62. The van der Waals surface area contributed by atoms with E-state index in [0.717, 1.165) is 20.9 Å². The van der Waals surface area contributed by atoms with E-state index >= 15 is 0 Å². The quantitative estimate of drug-likeness (QED) is 0.866. The van der Waals surface area contributed by atoms with Crippen molar-refractivity contribution in [3.63, 3.8) is 0 Å². The zero-order valence-corrected chi connectivity index (χ0v) is 13.8. The van der Waals surface area contributed by atoms with E-state index in [1.807, 2.05) is 69.3 Å². The van der Waals surface area contributed by atoms with Gasteiger partial charge in [-0.25, -0.2) is 9.20 Å². The molecule has 1 aliphatic rings. The lowest BCUT2D eigenvalue weighted by Crippen LogP contribution is -2.17. The van der Waals surface area contributed by atoms with E-state index in [1.165, 1.54) is 0 Å². The molecule has 1 atom stereocenters. The normalized spacial score (nSPS) is 17.7. The summed E-state index contributed by atoms with van der Waals surface area (Å²) >= 11 is 0. The van der Waals surface area contributed by atoms with Crippen molar-refractivity contribution in [3.8, 4) is 0 Å².